The highest BCUT2D eigenvalue weighted by Gasteiger charge is 2.02. The fourth-order valence-electron chi connectivity index (χ4n) is 3.63. The van der Waals surface area contributed by atoms with E-state index in [1.165, 1.54) is 72.4 Å². The van der Waals surface area contributed by atoms with Gasteiger partial charge in [0.25, 0.3) is 0 Å². The molecule has 0 N–H and O–H groups in total. The number of hydrogen-bond donors (Lipinski definition) is 0. The molecule has 0 bridgehead atoms. The summed E-state index contributed by atoms with van der Waals surface area (Å²) in [5.41, 5.74) is 4.02. The van der Waals surface area contributed by atoms with Crippen molar-refractivity contribution < 1.29 is 4.74 Å². The minimum Gasteiger partial charge on any atom is -0.494 e. The smallest absolute Gasteiger partial charge is 0.119 e. The molecule has 3 aromatic carbocycles. The van der Waals surface area contributed by atoms with Crippen LogP contribution in [-0.4, -0.2) is 6.61 Å². The van der Waals surface area contributed by atoms with Crippen molar-refractivity contribution in [3.63, 3.8) is 0 Å². The van der Waals surface area contributed by atoms with Gasteiger partial charge in [-0.25, -0.2) is 0 Å². The predicted molar refractivity (Wildman–Crippen MR) is 118 cm³/mol. The Hall–Kier alpha value is -2.28. The fourth-order valence-corrected chi connectivity index (χ4v) is 3.63. The minimum atomic E-state index is 0.703. The molecule has 0 saturated heterocycles. The van der Waals surface area contributed by atoms with E-state index in [-0.39, 0.29) is 0 Å². The molecule has 0 aliphatic heterocycles. The molecule has 3 rings (SSSR count). The van der Waals surface area contributed by atoms with Gasteiger partial charge in [0.2, 0.25) is 0 Å². The van der Waals surface area contributed by atoms with E-state index in [1.807, 2.05) is 6.92 Å². The zero-order chi connectivity index (χ0) is 18.9. The summed E-state index contributed by atoms with van der Waals surface area (Å²) in [6, 6.07) is 22.1. The van der Waals surface area contributed by atoms with Gasteiger partial charge in [-0.2, -0.15) is 0 Å². The zero-order valence-electron chi connectivity index (χ0n) is 16.8. The van der Waals surface area contributed by atoms with E-state index in [0.717, 1.165) is 5.75 Å². The van der Waals surface area contributed by atoms with Gasteiger partial charge in [-0.1, -0.05) is 81.5 Å². The van der Waals surface area contributed by atoms with E-state index in [1.54, 1.807) is 0 Å². The van der Waals surface area contributed by atoms with Crippen molar-refractivity contribution in [3.8, 4) is 16.9 Å². The molecule has 0 spiro atoms. The summed E-state index contributed by atoms with van der Waals surface area (Å²) in [5.74, 6) is 0.941. The van der Waals surface area contributed by atoms with E-state index in [2.05, 4.69) is 67.6 Å². The molecule has 27 heavy (non-hydrogen) atoms. The second-order valence-electron chi connectivity index (χ2n) is 7.37. The topological polar surface area (TPSA) is 9.23 Å². The maximum atomic E-state index is 5.60. The van der Waals surface area contributed by atoms with Crippen molar-refractivity contribution >= 4 is 10.8 Å². The van der Waals surface area contributed by atoms with Gasteiger partial charge in [0, 0.05) is 0 Å². The van der Waals surface area contributed by atoms with Crippen LogP contribution >= 0.6 is 0 Å². The van der Waals surface area contributed by atoms with Crippen LogP contribution in [0, 0.1) is 0 Å². The summed E-state index contributed by atoms with van der Waals surface area (Å²) in [4.78, 5) is 0. The van der Waals surface area contributed by atoms with Crippen LogP contribution in [0.25, 0.3) is 21.9 Å². The summed E-state index contributed by atoms with van der Waals surface area (Å²) in [6.07, 6.45) is 9.34. The van der Waals surface area contributed by atoms with E-state index in [9.17, 15) is 0 Å². The Bertz CT molecular complexity index is 832. The van der Waals surface area contributed by atoms with E-state index >= 15 is 0 Å². The first-order chi connectivity index (χ1) is 13.3. The molecule has 1 heteroatoms. The Morgan fingerprint density at radius 3 is 2.07 bits per heavy atom. The first-order valence-corrected chi connectivity index (χ1v) is 10.6. The third-order valence-corrected chi connectivity index (χ3v) is 5.23. The first-order valence-electron chi connectivity index (χ1n) is 10.6. The van der Waals surface area contributed by atoms with Crippen molar-refractivity contribution in [1.29, 1.82) is 0 Å². The van der Waals surface area contributed by atoms with Crippen LogP contribution < -0.4 is 4.74 Å². The minimum absolute atomic E-state index is 0.703. The molecule has 142 valence electrons. The Morgan fingerprint density at radius 1 is 0.630 bits per heavy atom. The van der Waals surface area contributed by atoms with Crippen LogP contribution in [-0.2, 0) is 6.42 Å². The lowest BCUT2D eigenvalue weighted by atomic mass is 9.98. The number of ether oxygens (including phenoxy) is 1. The molecule has 0 unspecified atom stereocenters. The lowest BCUT2D eigenvalue weighted by Gasteiger charge is -2.08. The average Bonchev–Trinajstić information content (AvgIpc) is 2.71. The summed E-state index contributed by atoms with van der Waals surface area (Å²) in [5, 5.41) is 2.48. The second-order valence-corrected chi connectivity index (χ2v) is 7.37. The predicted octanol–water partition coefficient (Wildman–Crippen LogP) is 7.81. The van der Waals surface area contributed by atoms with Gasteiger partial charge in [-0.05, 0) is 65.4 Å². The van der Waals surface area contributed by atoms with Gasteiger partial charge in [0.05, 0.1) is 6.61 Å². The average molecular weight is 361 g/mol. The van der Waals surface area contributed by atoms with Crippen LogP contribution in [0.2, 0.25) is 0 Å². The van der Waals surface area contributed by atoms with Crippen LogP contribution in [0.15, 0.2) is 60.7 Å². The molecule has 0 atom stereocenters. The monoisotopic (exact) mass is 360 g/mol. The Balaban J connectivity index is 1.61. The van der Waals surface area contributed by atoms with Gasteiger partial charge in [-0.3, -0.25) is 0 Å². The number of fused-ring (bicyclic) bond motifs is 1. The summed E-state index contributed by atoms with van der Waals surface area (Å²) in [6.45, 7) is 4.99. The molecule has 0 fully saturated rings. The molecule has 1 nitrogen and oxygen atoms in total. The maximum Gasteiger partial charge on any atom is 0.119 e. The quantitative estimate of drug-likeness (QED) is 0.335. The van der Waals surface area contributed by atoms with Crippen molar-refractivity contribution in [2.45, 2.75) is 58.8 Å². The molecular weight excluding hydrogens is 328 g/mol. The molecule has 0 aliphatic carbocycles. The van der Waals surface area contributed by atoms with Crippen LogP contribution in [0.5, 0.6) is 5.75 Å². The lowest BCUT2D eigenvalue weighted by molar-refractivity contribution is 0.341. The fraction of sp³-hybridized carbons (Fsp3) is 0.385. The Labute approximate surface area is 164 Å². The highest BCUT2D eigenvalue weighted by Crippen LogP contribution is 2.27. The van der Waals surface area contributed by atoms with E-state index in [4.69, 9.17) is 4.74 Å². The number of unbranched alkanes of at least 4 members (excludes halogenated alkanes) is 5. The maximum absolute atomic E-state index is 5.60. The number of aryl methyl sites for hydroxylation is 1. The largest absolute Gasteiger partial charge is 0.494 e. The van der Waals surface area contributed by atoms with Gasteiger partial charge < -0.3 is 4.74 Å². The standard InChI is InChI=1S/C26H32O/c1-3-5-6-7-8-9-10-21-11-13-22(14-12-21)23-15-16-25-20-26(27-4-2)18-17-24(25)19-23/h11-20H,3-10H2,1-2H3. The van der Waals surface area contributed by atoms with Gasteiger partial charge in [-0.15, -0.1) is 0 Å². The zero-order valence-corrected chi connectivity index (χ0v) is 16.8. The lowest BCUT2D eigenvalue weighted by Crippen LogP contribution is -1.90. The van der Waals surface area contributed by atoms with Gasteiger partial charge in [0.15, 0.2) is 0 Å². The van der Waals surface area contributed by atoms with Crippen molar-refractivity contribution in [1.82, 2.24) is 0 Å². The van der Waals surface area contributed by atoms with Crippen molar-refractivity contribution in [3.05, 3.63) is 66.2 Å². The molecule has 0 aromatic heterocycles. The highest BCUT2D eigenvalue weighted by atomic mass is 16.5. The van der Waals surface area contributed by atoms with E-state index in [0.29, 0.717) is 6.61 Å². The molecule has 0 radical (unpaired) electrons. The normalized spacial score (nSPS) is 11.0. The highest BCUT2D eigenvalue weighted by molar-refractivity contribution is 5.88. The summed E-state index contributed by atoms with van der Waals surface area (Å²) in [7, 11) is 0. The van der Waals surface area contributed by atoms with Gasteiger partial charge in [0.1, 0.15) is 5.75 Å². The molecular formula is C26H32O. The summed E-state index contributed by atoms with van der Waals surface area (Å²) >= 11 is 0. The molecule has 3 aromatic rings. The van der Waals surface area contributed by atoms with Crippen LogP contribution in [0.3, 0.4) is 0 Å². The van der Waals surface area contributed by atoms with Crippen molar-refractivity contribution in [2.24, 2.45) is 0 Å². The molecule has 0 saturated carbocycles. The van der Waals surface area contributed by atoms with Gasteiger partial charge >= 0.3 is 0 Å². The third kappa shape index (κ3) is 5.60. The third-order valence-electron chi connectivity index (χ3n) is 5.23. The van der Waals surface area contributed by atoms with E-state index < -0.39 is 0 Å². The van der Waals surface area contributed by atoms with Crippen LogP contribution in [0.4, 0.5) is 0 Å². The van der Waals surface area contributed by atoms with Crippen molar-refractivity contribution in [2.75, 3.05) is 6.61 Å². The molecule has 0 aliphatic rings. The van der Waals surface area contributed by atoms with Crippen LogP contribution in [0.1, 0.15) is 57.9 Å². The second kappa shape index (κ2) is 10.2. The Kier molecular flexibility index (Phi) is 7.33. The summed E-state index contributed by atoms with van der Waals surface area (Å²) < 4.78 is 5.60. The number of hydrogen-bond acceptors (Lipinski definition) is 1. The number of rotatable bonds is 10. The number of benzene rings is 3. The molecule has 0 amide bonds. The Morgan fingerprint density at radius 2 is 1.30 bits per heavy atom. The molecule has 0 heterocycles. The first kappa shape index (κ1) is 19.5. The SMILES string of the molecule is CCCCCCCCc1ccc(-c2ccc3cc(OCC)ccc3c2)cc1.